The number of hydrogen-bond donors (Lipinski definition) is 4. The topological polar surface area (TPSA) is 121 Å². The maximum absolute atomic E-state index is 8.74. The number of rotatable bonds is 0. The molecule has 0 aliphatic rings. The second-order valence-corrected chi connectivity index (χ2v) is 3.00. The molecule has 0 aliphatic heterocycles. The lowest BCUT2D eigenvalue weighted by molar-refractivity contribution is 0.0881. The molecule has 6 nitrogen and oxygen atoms in total. The zero-order chi connectivity index (χ0) is 9.00. The zero-order valence-electron chi connectivity index (χ0n) is 5.64. The lowest BCUT2D eigenvalue weighted by Crippen LogP contribution is -2.30. The molecular weight excluding hydrogens is 162 g/mol. The van der Waals surface area contributed by atoms with Crippen LogP contribution in [0.25, 0.3) is 0 Å². The van der Waals surface area contributed by atoms with Crippen LogP contribution in [0.2, 0.25) is 0 Å². The van der Waals surface area contributed by atoms with Crippen LogP contribution >= 0.6 is 0 Å². The minimum atomic E-state index is -4.67. The van der Waals surface area contributed by atoms with E-state index in [1.54, 1.807) is 0 Å². The second-order valence-electron chi connectivity index (χ2n) is 2.10. The third-order valence-electron chi connectivity index (χ3n) is 0. The molecule has 0 aromatic carbocycles. The molecule has 0 aliphatic carbocycles. The molecule has 0 bridgehead atoms. The first-order chi connectivity index (χ1) is 4.00. The summed E-state index contributed by atoms with van der Waals surface area (Å²) >= 11 is 0. The standard InChI is InChI=1S/C3H9NO.H2O4S/c1-3(2,4)5;1-5(2,3)4/h5H,4H2,1-2H3;(H2,1,2,3,4). The van der Waals surface area contributed by atoms with Gasteiger partial charge in [-0.1, -0.05) is 0 Å². The molecule has 0 aromatic rings. The molecule has 0 saturated carbocycles. The van der Waals surface area contributed by atoms with Crippen molar-refractivity contribution >= 4 is 10.4 Å². The average Bonchev–Trinajstić information content (AvgIpc) is 1.12. The molecule has 0 amide bonds. The third kappa shape index (κ3) is 8140. The summed E-state index contributed by atoms with van der Waals surface area (Å²) in [6.07, 6.45) is 0. The predicted octanol–water partition coefficient (Wildman–Crippen LogP) is -0.979. The Morgan fingerprint density at radius 2 is 1.30 bits per heavy atom. The van der Waals surface area contributed by atoms with Crippen LogP contribution in [0.5, 0.6) is 0 Å². The van der Waals surface area contributed by atoms with Crippen molar-refractivity contribution in [3.63, 3.8) is 0 Å². The SMILES string of the molecule is CC(C)(N)O.O=S(=O)(O)O. The highest BCUT2D eigenvalue weighted by Gasteiger charge is 1.98. The van der Waals surface area contributed by atoms with Crippen molar-refractivity contribution in [2.45, 2.75) is 19.6 Å². The van der Waals surface area contributed by atoms with E-state index in [4.69, 9.17) is 28.4 Å². The molecule has 0 atom stereocenters. The van der Waals surface area contributed by atoms with Crippen molar-refractivity contribution in [2.75, 3.05) is 0 Å². The summed E-state index contributed by atoms with van der Waals surface area (Å²) in [6.45, 7) is 3.04. The van der Waals surface area contributed by atoms with Crippen LogP contribution in [0.15, 0.2) is 0 Å². The van der Waals surface area contributed by atoms with Crippen molar-refractivity contribution in [3.8, 4) is 0 Å². The monoisotopic (exact) mass is 173 g/mol. The molecule has 64 valence electrons. The maximum atomic E-state index is 8.74. The predicted molar refractivity (Wildman–Crippen MR) is 34.7 cm³/mol. The Morgan fingerprint density at radius 3 is 1.30 bits per heavy atom. The number of aliphatic hydroxyl groups is 1. The summed E-state index contributed by atoms with van der Waals surface area (Å²) in [7, 11) is -4.67. The molecule has 7 heteroatoms. The minimum absolute atomic E-state index is 1.00. The van der Waals surface area contributed by atoms with E-state index >= 15 is 0 Å². The average molecular weight is 173 g/mol. The van der Waals surface area contributed by atoms with Gasteiger partial charge in [0.2, 0.25) is 0 Å². The summed E-state index contributed by atoms with van der Waals surface area (Å²) < 4.78 is 31.6. The summed E-state index contributed by atoms with van der Waals surface area (Å²) in [5, 5.41) is 8.30. The van der Waals surface area contributed by atoms with E-state index in [-0.39, 0.29) is 0 Å². The van der Waals surface area contributed by atoms with E-state index in [9.17, 15) is 0 Å². The van der Waals surface area contributed by atoms with Crippen LogP contribution < -0.4 is 5.73 Å². The van der Waals surface area contributed by atoms with E-state index in [1.165, 1.54) is 13.8 Å². The maximum Gasteiger partial charge on any atom is 0.394 e. The Hall–Kier alpha value is -0.210. The first-order valence-electron chi connectivity index (χ1n) is 2.21. The van der Waals surface area contributed by atoms with Gasteiger partial charge in [0, 0.05) is 0 Å². The van der Waals surface area contributed by atoms with Crippen molar-refractivity contribution < 1.29 is 22.6 Å². The van der Waals surface area contributed by atoms with Gasteiger partial charge in [-0.25, -0.2) is 0 Å². The highest BCUT2D eigenvalue weighted by atomic mass is 32.3. The molecule has 0 rings (SSSR count). The fraction of sp³-hybridized carbons (Fsp3) is 1.00. The molecular formula is C3H11NO5S. The summed E-state index contributed by atoms with van der Waals surface area (Å²) in [5.41, 5.74) is 3.91. The first-order valence-corrected chi connectivity index (χ1v) is 3.61. The zero-order valence-corrected chi connectivity index (χ0v) is 6.46. The van der Waals surface area contributed by atoms with Crippen molar-refractivity contribution in [3.05, 3.63) is 0 Å². The van der Waals surface area contributed by atoms with E-state index in [2.05, 4.69) is 0 Å². The fourth-order valence-electron chi connectivity index (χ4n) is 0. The molecule has 5 N–H and O–H groups in total. The fourth-order valence-corrected chi connectivity index (χ4v) is 0. The lowest BCUT2D eigenvalue weighted by Gasteiger charge is -2.05. The first kappa shape index (κ1) is 12.5. The van der Waals surface area contributed by atoms with Gasteiger partial charge >= 0.3 is 10.4 Å². The molecule has 0 spiro atoms. The van der Waals surface area contributed by atoms with Gasteiger partial charge in [-0.2, -0.15) is 8.42 Å². The Labute approximate surface area is 59.2 Å². The molecule has 10 heavy (non-hydrogen) atoms. The summed E-state index contributed by atoms with van der Waals surface area (Å²) in [6, 6.07) is 0. The highest BCUT2D eigenvalue weighted by Crippen LogP contribution is 1.82. The van der Waals surface area contributed by atoms with Crippen LogP contribution in [0, 0.1) is 0 Å². The lowest BCUT2D eigenvalue weighted by atomic mass is 10.4. The Bertz CT molecular complexity index is 152. The molecule has 0 aromatic heterocycles. The van der Waals surface area contributed by atoms with Gasteiger partial charge in [-0.15, -0.1) is 0 Å². The summed E-state index contributed by atoms with van der Waals surface area (Å²) in [5.74, 6) is 0. The van der Waals surface area contributed by atoms with E-state index in [0.717, 1.165) is 0 Å². The van der Waals surface area contributed by atoms with Gasteiger partial charge < -0.3 is 10.8 Å². The van der Waals surface area contributed by atoms with Crippen LogP contribution in [-0.4, -0.2) is 28.4 Å². The van der Waals surface area contributed by atoms with Crippen LogP contribution in [0.4, 0.5) is 0 Å². The summed E-state index contributed by atoms with van der Waals surface area (Å²) in [4.78, 5) is 0. The Balaban J connectivity index is 0. The van der Waals surface area contributed by atoms with Gasteiger partial charge in [0.05, 0.1) is 0 Å². The number of hydrogen-bond acceptors (Lipinski definition) is 4. The van der Waals surface area contributed by atoms with E-state index < -0.39 is 16.1 Å². The largest absolute Gasteiger partial charge is 0.394 e. The van der Waals surface area contributed by atoms with E-state index in [1.807, 2.05) is 0 Å². The van der Waals surface area contributed by atoms with Crippen LogP contribution in [0.3, 0.4) is 0 Å². The quantitative estimate of drug-likeness (QED) is 0.276. The molecule has 0 unspecified atom stereocenters. The van der Waals surface area contributed by atoms with Crippen molar-refractivity contribution in [2.24, 2.45) is 5.73 Å². The van der Waals surface area contributed by atoms with Crippen LogP contribution in [0.1, 0.15) is 13.8 Å². The highest BCUT2D eigenvalue weighted by molar-refractivity contribution is 7.79. The smallest absolute Gasteiger partial charge is 0.377 e. The van der Waals surface area contributed by atoms with Gasteiger partial charge in [0.25, 0.3) is 0 Å². The molecule has 0 fully saturated rings. The van der Waals surface area contributed by atoms with E-state index in [0.29, 0.717) is 0 Å². The number of nitrogens with two attached hydrogens (primary N) is 1. The van der Waals surface area contributed by atoms with Gasteiger partial charge in [0.15, 0.2) is 0 Å². The van der Waals surface area contributed by atoms with Crippen molar-refractivity contribution in [1.29, 1.82) is 0 Å². The van der Waals surface area contributed by atoms with Gasteiger partial charge in [0.1, 0.15) is 5.72 Å². The molecule has 0 heterocycles. The second kappa shape index (κ2) is 3.84. The molecule has 0 radical (unpaired) electrons. The Morgan fingerprint density at radius 1 is 1.30 bits per heavy atom. The van der Waals surface area contributed by atoms with Crippen LogP contribution in [-0.2, 0) is 10.4 Å². The normalized spacial score (nSPS) is 11.8. The Kier molecular flexibility index (Phi) is 4.78. The van der Waals surface area contributed by atoms with Gasteiger partial charge in [-0.05, 0) is 13.8 Å². The van der Waals surface area contributed by atoms with Gasteiger partial charge in [-0.3, -0.25) is 9.11 Å². The van der Waals surface area contributed by atoms with Crippen molar-refractivity contribution in [1.82, 2.24) is 0 Å². The third-order valence-corrected chi connectivity index (χ3v) is 0. The molecule has 0 saturated heterocycles. The minimum Gasteiger partial charge on any atom is -0.377 e.